The highest BCUT2D eigenvalue weighted by Gasteiger charge is 2.12. The maximum absolute atomic E-state index is 11.5. The van der Waals surface area contributed by atoms with Crippen molar-refractivity contribution in [2.24, 2.45) is 0 Å². The Morgan fingerprint density at radius 2 is 2.00 bits per heavy atom. The zero-order chi connectivity index (χ0) is 14.5. The second-order valence-electron chi connectivity index (χ2n) is 4.13. The van der Waals surface area contributed by atoms with E-state index in [2.05, 4.69) is 10.3 Å². The molecule has 0 spiro atoms. The molecular formula is C14H16N2O3S. The number of nitrogens with one attached hydrogen (secondary N) is 1. The van der Waals surface area contributed by atoms with Gasteiger partial charge in [-0.25, -0.2) is 4.98 Å². The largest absolute Gasteiger partial charge is 0.497 e. The van der Waals surface area contributed by atoms with Crippen LogP contribution in [0.25, 0.3) is 11.3 Å². The van der Waals surface area contributed by atoms with Gasteiger partial charge in [-0.3, -0.25) is 10.1 Å². The maximum atomic E-state index is 11.5. The second-order valence-corrected chi connectivity index (χ2v) is 5.34. The van der Waals surface area contributed by atoms with E-state index in [1.54, 1.807) is 7.11 Å². The molecule has 2 aromatic rings. The molecule has 1 amide bonds. The zero-order valence-electron chi connectivity index (χ0n) is 11.6. The molecule has 1 N–H and O–H groups in total. The Morgan fingerprint density at radius 1 is 1.30 bits per heavy atom. The lowest BCUT2D eigenvalue weighted by Crippen LogP contribution is -2.16. The summed E-state index contributed by atoms with van der Waals surface area (Å²) in [5.41, 5.74) is 1.86. The van der Waals surface area contributed by atoms with E-state index in [4.69, 9.17) is 9.47 Å². The number of thiazole rings is 1. The minimum absolute atomic E-state index is 0.0243. The molecule has 2 rings (SSSR count). The van der Waals surface area contributed by atoms with Gasteiger partial charge >= 0.3 is 0 Å². The number of aromatic nitrogens is 1. The van der Waals surface area contributed by atoms with Crippen LogP contribution >= 0.6 is 11.3 Å². The van der Waals surface area contributed by atoms with Crippen LogP contribution in [-0.2, 0) is 9.53 Å². The van der Waals surface area contributed by atoms with E-state index in [0.29, 0.717) is 5.13 Å². The second kappa shape index (κ2) is 6.49. The van der Waals surface area contributed by atoms with Gasteiger partial charge in [-0.15, -0.1) is 11.3 Å². The number of hydrogen-bond acceptors (Lipinski definition) is 5. The number of carbonyl (C=O) groups excluding carboxylic acids is 1. The van der Waals surface area contributed by atoms with Crippen molar-refractivity contribution in [3.8, 4) is 17.0 Å². The first kappa shape index (κ1) is 14.5. The lowest BCUT2D eigenvalue weighted by Gasteiger charge is -2.02. The number of amides is 1. The van der Waals surface area contributed by atoms with Gasteiger partial charge in [0.2, 0.25) is 0 Å². The molecule has 0 atom stereocenters. The summed E-state index contributed by atoms with van der Waals surface area (Å²) in [7, 11) is 3.11. The summed E-state index contributed by atoms with van der Waals surface area (Å²) in [6.07, 6.45) is 0. The Kier molecular flexibility index (Phi) is 4.70. The first-order chi connectivity index (χ1) is 9.63. The smallest absolute Gasteiger partial charge is 0.252 e. The van der Waals surface area contributed by atoms with Gasteiger partial charge in [0.15, 0.2) is 5.13 Å². The zero-order valence-corrected chi connectivity index (χ0v) is 12.4. The molecule has 0 saturated heterocycles. The van der Waals surface area contributed by atoms with Crippen LogP contribution in [0.3, 0.4) is 0 Å². The average molecular weight is 292 g/mol. The van der Waals surface area contributed by atoms with E-state index in [-0.39, 0.29) is 12.5 Å². The van der Waals surface area contributed by atoms with Crippen LogP contribution in [-0.4, -0.2) is 31.7 Å². The summed E-state index contributed by atoms with van der Waals surface area (Å²) in [6, 6.07) is 7.66. The summed E-state index contributed by atoms with van der Waals surface area (Å²) in [5.74, 6) is 0.595. The van der Waals surface area contributed by atoms with Crippen molar-refractivity contribution in [1.82, 2.24) is 4.98 Å². The van der Waals surface area contributed by atoms with Gasteiger partial charge in [0, 0.05) is 17.6 Å². The Labute approximate surface area is 121 Å². The van der Waals surface area contributed by atoms with Crippen LogP contribution in [0.1, 0.15) is 4.88 Å². The summed E-state index contributed by atoms with van der Waals surface area (Å²) >= 11 is 1.44. The summed E-state index contributed by atoms with van der Waals surface area (Å²) in [6.45, 7) is 2.00. The third-order valence-corrected chi connectivity index (χ3v) is 3.57. The van der Waals surface area contributed by atoms with Crippen molar-refractivity contribution in [1.29, 1.82) is 0 Å². The number of nitrogens with zero attached hydrogens (tertiary/aromatic N) is 1. The Morgan fingerprint density at radius 3 is 2.60 bits per heavy atom. The van der Waals surface area contributed by atoms with Crippen LogP contribution in [0, 0.1) is 6.92 Å². The summed E-state index contributed by atoms with van der Waals surface area (Å²) < 4.78 is 9.91. The molecule has 106 valence electrons. The molecule has 0 aliphatic heterocycles. The topological polar surface area (TPSA) is 60.5 Å². The lowest BCUT2D eigenvalue weighted by atomic mass is 10.1. The lowest BCUT2D eigenvalue weighted by molar-refractivity contribution is -0.119. The highest BCUT2D eigenvalue weighted by atomic mass is 32.1. The standard InChI is InChI=1S/C14H16N2O3S/c1-9-13(10-4-6-11(19-3)7-5-10)16-14(20-9)15-12(17)8-18-2/h4-7H,8H2,1-3H3,(H,15,16,17). The molecule has 0 aliphatic rings. The van der Waals surface area contributed by atoms with Crippen molar-refractivity contribution >= 4 is 22.4 Å². The van der Waals surface area contributed by atoms with Crippen LogP contribution in [0.5, 0.6) is 5.75 Å². The molecule has 0 radical (unpaired) electrons. The molecule has 0 fully saturated rings. The number of methoxy groups -OCH3 is 2. The molecular weight excluding hydrogens is 276 g/mol. The maximum Gasteiger partial charge on any atom is 0.252 e. The number of rotatable bonds is 5. The van der Waals surface area contributed by atoms with Crippen LogP contribution < -0.4 is 10.1 Å². The predicted octanol–water partition coefficient (Wildman–Crippen LogP) is 2.71. The van der Waals surface area contributed by atoms with Gasteiger partial charge in [0.05, 0.1) is 12.8 Å². The Bertz CT molecular complexity index is 593. The van der Waals surface area contributed by atoms with Crippen molar-refractivity contribution < 1.29 is 14.3 Å². The molecule has 0 saturated carbocycles. The van der Waals surface area contributed by atoms with Crippen molar-refractivity contribution in [3.63, 3.8) is 0 Å². The van der Waals surface area contributed by atoms with E-state index in [9.17, 15) is 4.79 Å². The summed E-state index contributed by atoms with van der Waals surface area (Å²) in [5, 5.41) is 3.29. The van der Waals surface area contributed by atoms with Crippen molar-refractivity contribution in [3.05, 3.63) is 29.1 Å². The van der Waals surface area contributed by atoms with Gasteiger partial charge < -0.3 is 9.47 Å². The number of hydrogen-bond donors (Lipinski definition) is 1. The predicted molar refractivity (Wildman–Crippen MR) is 79.3 cm³/mol. The average Bonchev–Trinajstić information content (AvgIpc) is 2.80. The number of carbonyl (C=O) groups is 1. The summed E-state index contributed by atoms with van der Waals surface area (Å²) in [4.78, 5) is 17.0. The number of aryl methyl sites for hydroxylation is 1. The molecule has 0 bridgehead atoms. The van der Waals surface area contributed by atoms with Gasteiger partial charge in [0.25, 0.3) is 5.91 Å². The molecule has 1 heterocycles. The van der Waals surface area contributed by atoms with E-state index < -0.39 is 0 Å². The van der Waals surface area contributed by atoms with Gasteiger partial charge in [-0.05, 0) is 31.2 Å². The van der Waals surface area contributed by atoms with Crippen molar-refractivity contribution in [2.75, 3.05) is 26.1 Å². The quantitative estimate of drug-likeness (QED) is 0.920. The van der Waals surface area contributed by atoms with Crippen LogP contribution in [0.2, 0.25) is 0 Å². The van der Waals surface area contributed by atoms with Crippen LogP contribution in [0.4, 0.5) is 5.13 Å². The normalized spacial score (nSPS) is 10.3. The fourth-order valence-corrected chi connectivity index (χ4v) is 2.61. The van der Waals surface area contributed by atoms with Gasteiger partial charge in [0.1, 0.15) is 12.4 Å². The highest BCUT2D eigenvalue weighted by Crippen LogP contribution is 2.31. The molecule has 6 heteroatoms. The van der Waals surface area contributed by atoms with E-state index in [0.717, 1.165) is 21.9 Å². The molecule has 1 aromatic heterocycles. The van der Waals surface area contributed by atoms with E-state index >= 15 is 0 Å². The van der Waals surface area contributed by atoms with Gasteiger partial charge in [-0.2, -0.15) is 0 Å². The minimum atomic E-state index is -0.206. The van der Waals surface area contributed by atoms with E-state index in [1.165, 1.54) is 18.4 Å². The van der Waals surface area contributed by atoms with Crippen LogP contribution in [0.15, 0.2) is 24.3 Å². The molecule has 5 nitrogen and oxygen atoms in total. The molecule has 0 unspecified atom stereocenters. The Hall–Kier alpha value is -1.92. The van der Waals surface area contributed by atoms with E-state index in [1.807, 2.05) is 31.2 Å². The number of benzene rings is 1. The first-order valence-electron chi connectivity index (χ1n) is 6.04. The Balaban J connectivity index is 2.19. The SMILES string of the molecule is COCC(=O)Nc1nc(-c2ccc(OC)cc2)c(C)s1. The third kappa shape index (κ3) is 3.34. The molecule has 20 heavy (non-hydrogen) atoms. The number of ether oxygens (including phenoxy) is 2. The third-order valence-electron chi connectivity index (χ3n) is 2.68. The fourth-order valence-electron chi connectivity index (χ4n) is 1.75. The first-order valence-corrected chi connectivity index (χ1v) is 6.86. The monoisotopic (exact) mass is 292 g/mol. The number of anilines is 1. The molecule has 1 aromatic carbocycles. The van der Waals surface area contributed by atoms with Gasteiger partial charge in [-0.1, -0.05) is 0 Å². The van der Waals surface area contributed by atoms with Crippen molar-refractivity contribution in [2.45, 2.75) is 6.92 Å². The molecule has 0 aliphatic carbocycles. The minimum Gasteiger partial charge on any atom is -0.497 e. The fraction of sp³-hybridized carbons (Fsp3) is 0.286. The highest BCUT2D eigenvalue weighted by molar-refractivity contribution is 7.16.